The second-order valence-electron chi connectivity index (χ2n) is 5.47. The van der Waals surface area contributed by atoms with Crippen molar-refractivity contribution < 1.29 is 19.1 Å². The van der Waals surface area contributed by atoms with E-state index in [0.717, 1.165) is 5.56 Å². The molecule has 0 fully saturated rings. The van der Waals surface area contributed by atoms with Gasteiger partial charge in [0, 0.05) is 29.7 Å². The minimum Gasteiger partial charge on any atom is -0.465 e. The second kappa shape index (κ2) is 7.86. The SMILES string of the molecule is CCOC(=O)C1=C(C)N=C(C)C(C(=O)OCC)[C@H]1c1cccnc1. The minimum atomic E-state index is -0.669. The van der Waals surface area contributed by atoms with Gasteiger partial charge in [-0.25, -0.2) is 4.79 Å². The molecule has 1 aromatic heterocycles. The number of hydrogen-bond acceptors (Lipinski definition) is 6. The normalized spacial score (nSPS) is 20.4. The van der Waals surface area contributed by atoms with Gasteiger partial charge in [0.1, 0.15) is 5.92 Å². The Morgan fingerprint density at radius 3 is 2.46 bits per heavy atom. The number of ether oxygens (including phenoxy) is 2. The summed E-state index contributed by atoms with van der Waals surface area (Å²) in [5, 5.41) is 0. The van der Waals surface area contributed by atoms with Crippen LogP contribution in [0.15, 0.2) is 40.8 Å². The van der Waals surface area contributed by atoms with Gasteiger partial charge < -0.3 is 9.47 Å². The molecule has 0 bridgehead atoms. The molecule has 0 saturated carbocycles. The highest BCUT2D eigenvalue weighted by atomic mass is 16.5. The summed E-state index contributed by atoms with van der Waals surface area (Å²) in [6, 6.07) is 3.62. The Bertz CT molecular complexity index is 680. The van der Waals surface area contributed by atoms with E-state index in [-0.39, 0.29) is 13.2 Å². The Balaban J connectivity index is 2.58. The van der Waals surface area contributed by atoms with Gasteiger partial charge in [0.05, 0.1) is 18.8 Å². The van der Waals surface area contributed by atoms with Crippen LogP contribution in [0.25, 0.3) is 0 Å². The highest BCUT2D eigenvalue weighted by molar-refractivity contribution is 6.06. The first-order chi connectivity index (χ1) is 11.5. The van der Waals surface area contributed by atoms with Crippen LogP contribution in [0, 0.1) is 5.92 Å². The van der Waals surface area contributed by atoms with Crippen LogP contribution >= 0.6 is 0 Å². The fraction of sp³-hybridized carbons (Fsp3) is 0.444. The molecule has 0 amide bonds. The Hall–Kier alpha value is -2.50. The lowest BCUT2D eigenvalue weighted by Gasteiger charge is -2.31. The van der Waals surface area contributed by atoms with Crippen LogP contribution in [0.2, 0.25) is 0 Å². The van der Waals surface area contributed by atoms with Crippen LogP contribution in [0.5, 0.6) is 0 Å². The number of rotatable bonds is 5. The number of nitrogens with zero attached hydrogens (tertiary/aromatic N) is 2. The Morgan fingerprint density at radius 2 is 1.88 bits per heavy atom. The molecule has 0 N–H and O–H groups in total. The largest absolute Gasteiger partial charge is 0.465 e. The van der Waals surface area contributed by atoms with Crippen molar-refractivity contribution in [2.45, 2.75) is 33.6 Å². The van der Waals surface area contributed by atoms with E-state index >= 15 is 0 Å². The molecule has 6 heteroatoms. The van der Waals surface area contributed by atoms with E-state index in [2.05, 4.69) is 9.98 Å². The zero-order chi connectivity index (χ0) is 17.7. The van der Waals surface area contributed by atoms with E-state index in [1.54, 1.807) is 46.2 Å². The number of esters is 2. The number of allylic oxidation sites excluding steroid dienone is 1. The zero-order valence-corrected chi connectivity index (χ0v) is 14.4. The zero-order valence-electron chi connectivity index (χ0n) is 14.4. The second-order valence-corrected chi connectivity index (χ2v) is 5.47. The van der Waals surface area contributed by atoms with Crippen LogP contribution in [0.4, 0.5) is 0 Å². The molecule has 1 unspecified atom stereocenters. The van der Waals surface area contributed by atoms with Gasteiger partial charge in [-0.1, -0.05) is 6.07 Å². The number of aromatic nitrogens is 1. The highest BCUT2D eigenvalue weighted by Crippen LogP contribution is 2.39. The van der Waals surface area contributed by atoms with E-state index in [4.69, 9.17) is 9.47 Å². The van der Waals surface area contributed by atoms with Crippen molar-refractivity contribution in [3.63, 3.8) is 0 Å². The fourth-order valence-corrected chi connectivity index (χ4v) is 2.97. The van der Waals surface area contributed by atoms with Crippen LogP contribution in [-0.4, -0.2) is 35.8 Å². The van der Waals surface area contributed by atoms with E-state index in [0.29, 0.717) is 17.0 Å². The van der Waals surface area contributed by atoms with Gasteiger partial charge in [-0.15, -0.1) is 0 Å². The standard InChI is InChI=1S/C18H22N2O4/c1-5-23-17(21)14-11(3)20-12(4)15(18(22)24-6-2)16(14)13-8-7-9-19-10-13/h7-10,14,16H,5-6H2,1-4H3/t14?,16-/m1/s1. The van der Waals surface area contributed by atoms with Gasteiger partial charge in [-0.05, 0) is 39.3 Å². The molecule has 1 aliphatic rings. The van der Waals surface area contributed by atoms with Gasteiger partial charge >= 0.3 is 11.9 Å². The first-order valence-electron chi connectivity index (χ1n) is 8.00. The lowest BCUT2D eigenvalue weighted by Crippen LogP contribution is -2.36. The number of aliphatic imine (C=N–C) groups is 1. The van der Waals surface area contributed by atoms with Gasteiger partial charge in [0.2, 0.25) is 0 Å². The maximum atomic E-state index is 12.5. The van der Waals surface area contributed by atoms with Crippen molar-refractivity contribution in [1.82, 2.24) is 4.98 Å². The summed E-state index contributed by atoms with van der Waals surface area (Å²) in [7, 11) is 0. The van der Waals surface area contributed by atoms with Crippen molar-refractivity contribution in [2.75, 3.05) is 13.2 Å². The molecule has 0 saturated heterocycles. The first kappa shape index (κ1) is 17.8. The molecule has 1 aromatic rings. The van der Waals surface area contributed by atoms with Gasteiger partial charge in [0.15, 0.2) is 0 Å². The highest BCUT2D eigenvalue weighted by Gasteiger charge is 2.42. The molecule has 0 aromatic carbocycles. The first-order valence-corrected chi connectivity index (χ1v) is 8.00. The smallest absolute Gasteiger partial charge is 0.336 e. The number of pyridine rings is 1. The Morgan fingerprint density at radius 1 is 1.17 bits per heavy atom. The van der Waals surface area contributed by atoms with Crippen molar-refractivity contribution in [3.05, 3.63) is 41.4 Å². The number of carbonyl (C=O) groups is 2. The molecule has 24 heavy (non-hydrogen) atoms. The lowest BCUT2D eigenvalue weighted by atomic mass is 9.76. The molecule has 1 aliphatic heterocycles. The summed E-state index contributed by atoms with van der Waals surface area (Å²) in [5.74, 6) is -2.05. The minimum absolute atomic E-state index is 0.252. The van der Waals surface area contributed by atoms with Gasteiger partial charge in [-0.2, -0.15) is 0 Å². The Kier molecular flexibility index (Phi) is 5.84. The molecule has 128 valence electrons. The van der Waals surface area contributed by atoms with E-state index in [1.807, 2.05) is 6.07 Å². The summed E-state index contributed by atoms with van der Waals surface area (Å²) in [5.41, 5.74) is 2.31. The third kappa shape index (κ3) is 3.53. The molecule has 0 radical (unpaired) electrons. The predicted molar refractivity (Wildman–Crippen MR) is 89.5 cm³/mol. The molecule has 2 heterocycles. The van der Waals surface area contributed by atoms with E-state index < -0.39 is 23.8 Å². The molecule has 2 atom stereocenters. The Labute approximate surface area is 141 Å². The summed E-state index contributed by atoms with van der Waals surface area (Å²) in [4.78, 5) is 33.6. The fourth-order valence-electron chi connectivity index (χ4n) is 2.97. The third-order valence-corrected chi connectivity index (χ3v) is 3.91. The summed E-state index contributed by atoms with van der Waals surface area (Å²) in [6.07, 6.45) is 3.30. The number of hydrogen-bond donors (Lipinski definition) is 0. The summed E-state index contributed by atoms with van der Waals surface area (Å²) in [6.45, 7) is 7.53. The van der Waals surface area contributed by atoms with Crippen molar-refractivity contribution in [1.29, 1.82) is 0 Å². The van der Waals surface area contributed by atoms with Crippen molar-refractivity contribution in [2.24, 2.45) is 10.9 Å². The van der Waals surface area contributed by atoms with Crippen LogP contribution < -0.4 is 0 Å². The summed E-state index contributed by atoms with van der Waals surface area (Å²) < 4.78 is 10.4. The maximum absolute atomic E-state index is 12.5. The molecular weight excluding hydrogens is 308 g/mol. The van der Waals surface area contributed by atoms with Crippen LogP contribution in [0.3, 0.4) is 0 Å². The molecule has 2 rings (SSSR count). The topological polar surface area (TPSA) is 77.8 Å². The summed E-state index contributed by atoms with van der Waals surface area (Å²) >= 11 is 0. The maximum Gasteiger partial charge on any atom is 0.336 e. The van der Waals surface area contributed by atoms with Crippen LogP contribution in [-0.2, 0) is 19.1 Å². The average Bonchev–Trinajstić information content (AvgIpc) is 2.55. The van der Waals surface area contributed by atoms with Crippen molar-refractivity contribution in [3.8, 4) is 0 Å². The molecule has 6 nitrogen and oxygen atoms in total. The van der Waals surface area contributed by atoms with Crippen molar-refractivity contribution >= 4 is 17.7 Å². The molecular formula is C18H22N2O4. The monoisotopic (exact) mass is 330 g/mol. The van der Waals surface area contributed by atoms with E-state index in [1.165, 1.54) is 0 Å². The molecule has 0 spiro atoms. The third-order valence-electron chi connectivity index (χ3n) is 3.91. The average molecular weight is 330 g/mol. The van der Waals surface area contributed by atoms with Crippen LogP contribution in [0.1, 0.15) is 39.2 Å². The quantitative estimate of drug-likeness (QED) is 0.776. The lowest BCUT2D eigenvalue weighted by molar-refractivity contribution is -0.146. The van der Waals surface area contributed by atoms with E-state index in [9.17, 15) is 9.59 Å². The predicted octanol–water partition coefficient (Wildman–Crippen LogP) is 2.66. The number of carbonyl (C=O) groups excluding carboxylic acids is 2. The van der Waals surface area contributed by atoms with Gasteiger partial charge in [-0.3, -0.25) is 14.8 Å². The van der Waals surface area contributed by atoms with Gasteiger partial charge in [0.25, 0.3) is 0 Å². The molecule has 0 aliphatic carbocycles.